The fourth-order valence-corrected chi connectivity index (χ4v) is 22.0. The van der Waals surface area contributed by atoms with E-state index in [1.54, 1.807) is 7.11 Å². The van der Waals surface area contributed by atoms with Crippen molar-refractivity contribution >= 4 is 34.2 Å². The number of hydrogen-bond acceptors (Lipinski definition) is 14. The molecule has 17 rings (SSSR count). The number of fused-ring (bicyclic) bond motifs is 12. The number of esters is 2. The van der Waals surface area contributed by atoms with Crippen molar-refractivity contribution in [1.29, 1.82) is 0 Å². The van der Waals surface area contributed by atoms with Crippen LogP contribution in [0.2, 0.25) is 0 Å². The van der Waals surface area contributed by atoms with Crippen LogP contribution in [0.5, 0.6) is 11.5 Å². The first-order valence-corrected chi connectivity index (χ1v) is 29.3. The van der Waals surface area contributed by atoms with Crippen LogP contribution in [-0.2, 0) is 45.8 Å². The average Bonchev–Trinajstić information content (AvgIpc) is 1.72. The van der Waals surface area contributed by atoms with Gasteiger partial charge in [0, 0.05) is 107 Å². The van der Waals surface area contributed by atoms with Crippen molar-refractivity contribution in [2.75, 3.05) is 78.0 Å². The van der Waals surface area contributed by atoms with Gasteiger partial charge in [-0.2, -0.15) is 0 Å². The van der Waals surface area contributed by atoms with E-state index in [4.69, 9.17) is 23.7 Å². The highest BCUT2D eigenvalue weighted by molar-refractivity contribution is 5.94. The molecule has 1 aromatic heterocycles. The van der Waals surface area contributed by atoms with Gasteiger partial charge in [-0.1, -0.05) is 54.1 Å². The van der Waals surface area contributed by atoms with E-state index < -0.39 is 27.9 Å². The number of rotatable bonds is 4. The Kier molecular flexibility index (Phi) is 9.56. The number of aromatic hydroxyl groups is 1. The first-order chi connectivity index (χ1) is 37.9. The Morgan fingerprint density at radius 2 is 1.74 bits per heavy atom. The second-order valence-corrected chi connectivity index (χ2v) is 26.2. The van der Waals surface area contributed by atoms with E-state index in [1.165, 1.54) is 25.4 Å². The maximum Gasteiger partial charge on any atom is 0.335 e. The predicted octanol–water partition coefficient (Wildman–Crippen LogP) is 7.05. The van der Waals surface area contributed by atoms with Crippen LogP contribution in [0.25, 0.3) is 10.9 Å². The summed E-state index contributed by atoms with van der Waals surface area (Å²) in [6, 6.07) is 19.2. The van der Waals surface area contributed by atoms with E-state index in [-0.39, 0.29) is 83.3 Å². The summed E-state index contributed by atoms with van der Waals surface area (Å²) in [6.07, 6.45) is 9.30. The summed E-state index contributed by atoms with van der Waals surface area (Å²) in [5.41, 5.74) is 7.46. The van der Waals surface area contributed by atoms with Crippen molar-refractivity contribution in [2.24, 2.45) is 34.5 Å². The van der Waals surface area contributed by atoms with Crippen LogP contribution in [0.4, 0.5) is 11.4 Å². The van der Waals surface area contributed by atoms with Gasteiger partial charge in [-0.05, 0) is 119 Å². The van der Waals surface area contributed by atoms with Crippen LogP contribution < -0.4 is 15.0 Å². The number of hydrogen-bond donors (Lipinski definition) is 4. The number of phenols is 1. The highest BCUT2D eigenvalue weighted by Gasteiger charge is 2.84. The minimum Gasteiger partial charge on any atom is -0.505 e. The largest absolute Gasteiger partial charge is 0.505 e. The fourth-order valence-electron chi connectivity index (χ4n) is 22.0. The number of ether oxygens (including phenoxy) is 5. The topological polar surface area (TPSA) is 162 Å². The van der Waals surface area contributed by atoms with Crippen molar-refractivity contribution in [1.82, 2.24) is 19.7 Å². The molecule has 1 saturated carbocycles. The number of H-pyrrole nitrogens is 1. The molecular weight excluding hydrogens is 985 g/mol. The number of carbonyl (C=O) groups is 2. The third-order valence-electron chi connectivity index (χ3n) is 24.3. The van der Waals surface area contributed by atoms with Crippen LogP contribution in [0.15, 0.2) is 77.5 Å². The number of carbonyl (C=O) groups excluding carboxylic acids is 2. The molecule has 408 valence electrons. The van der Waals surface area contributed by atoms with Crippen LogP contribution in [0.3, 0.4) is 0 Å². The number of nitrogens with one attached hydrogen (secondary N) is 2. The van der Waals surface area contributed by atoms with Gasteiger partial charge in [-0.3, -0.25) is 19.5 Å². The molecule has 16 atom stereocenters. The molecule has 4 spiro atoms. The van der Waals surface area contributed by atoms with Gasteiger partial charge in [0.1, 0.15) is 11.5 Å². The normalized spacial score (nSPS) is 42.5. The van der Waals surface area contributed by atoms with Gasteiger partial charge in [0.05, 0.1) is 73.4 Å². The standard InChI is InChI=1S/C63H72N6O9/c1-6-32-31-66(2)44-28-38-34-10-7-8-12-43(34)64-48(38)37(27-36(32)47(44)56(72)76-5)35-14-15-42-50(51(35)70)69-54-39(26-33-29-59-19-24-77-46(59)16-21-67-22-18-62(42,58(59)67)63(33,69)73)53-60(20-25-78-53)30-40(55(71)75-4)52-61(17-23-68(54)57(60)61)41-11-9-13-45(74-3)49(41)65-52/h6-15,33,36-37,39,44,46-47,53-54,57-58,64-65,70,73H,16-31H2,1-5H3. The lowest BCUT2D eigenvalue weighted by molar-refractivity contribution is -0.237. The number of benzene rings is 3. The minimum atomic E-state index is -1.36. The summed E-state index contributed by atoms with van der Waals surface area (Å²) in [5.74, 6) is -0.650. The lowest BCUT2D eigenvalue weighted by Crippen LogP contribution is -2.83. The molecule has 9 fully saturated rings. The number of phenolic OH excluding ortho intramolecular Hbond substituents is 1. The first-order valence-electron chi connectivity index (χ1n) is 29.3. The Labute approximate surface area is 455 Å². The zero-order valence-corrected chi connectivity index (χ0v) is 45.5. The van der Waals surface area contributed by atoms with Gasteiger partial charge in [-0.25, -0.2) is 4.79 Å². The summed E-state index contributed by atoms with van der Waals surface area (Å²) >= 11 is 0. The highest BCUT2D eigenvalue weighted by atomic mass is 16.5. The van der Waals surface area contributed by atoms with Crippen LogP contribution in [0, 0.1) is 34.5 Å². The Morgan fingerprint density at radius 1 is 0.897 bits per heavy atom. The van der Waals surface area contributed by atoms with Gasteiger partial charge < -0.3 is 49.1 Å². The molecule has 13 aliphatic rings. The molecule has 4 aromatic rings. The predicted molar refractivity (Wildman–Crippen MR) is 290 cm³/mol. The van der Waals surface area contributed by atoms with Gasteiger partial charge in [0.25, 0.3) is 0 Å². The third kappa shape index (κ3) is 5.19. The maximum absolute atomic E-state index is 15.2. The molecule has 10 aliphatic heterocycles. The van der Waals surface area contributed by atoms with Gasteiger partial charge in [0.2, 0.25) is 0 Å². The molecule has 2 bridgehead atoms. The van der Waals surface area contributed by atoms with E-state index >= 15 is 5.11 Å². The number of likely N-dealkylation sites (tertiary alicyclic amines) is 1. The molecule has 11 heterocycles. The summed E-state index contributed by atoms with van der Waals surface area (Å²) in [6.45, 7) is 6.63. The Balaban J connectivity index is 0.916. The number of aromatic amines is 1. The Bertz CT molecular complexity index is 3390. The van der Waals surface area contributed by atoms with Gasteiger partial charge in [0.15, 0.2) is 5.72 Å². The third-order valence-corrected chi connectivity index (χ3v) is 24.3. The Morgan fingerprint density at radius 3 is 2.58 bits per heavy atom. The van der Waals surface area contributed by atoms with Crippen LogP contribution in [0.1, 0.15) is 98.6 Å². The van der Waals surface area contributed by atoms with Crippen molar-refractivity contribution in [3.63, 3.8) is 0 Å². The molecular formula is C63H72N6O9. The Hall–Kier alpha value is -5.42. The van der Waals surface area contributed by atoms with Crippen molar-refractivity contribution in [3.8, 4) is 11.5 Å². The van der Waals surface area contributed by atoms with E-state index in [0.29, 0.717) is 44.6 Å². The number of para-hydroxylation sites is 2. The van der Waals surface area contributed by atoms with Crippen LogP contribution >= 0.6 is 0 Å². The monoisotopic (exact) mass is 1060 g/mol. The molecule has 0 radical (unpaired) electrons. The van der Waals surface area contributed by atoms with Crippen molar-refractivity contribution in [3.05, 3.63) is 105 Å². The number of piperidine rings is 4. The van der Waals surface area contributed by atoms with Crippen LogP contribution in [-0.4, -0.2) is 152 Å². The number of aliphatic hydroxyl groups is 1. The van der Waals surface area contributed by atoms with E-state index in [9.17, 15) is 14.7 Å². The lowest BCUT2D eigenvalue weighted by atomic mass is 9.45. The molecule has 3 aromatic carbocycles. The van der Waals surface area contributed by atoms with Gasteiger partial charge in [-0.15, -0.1) is 0 Å². The number of likely N-dealkylation sites (N-methyl/N-ethyl adjacent to an activating group) is 1. The molecule has 0 amide bonds. The molecule has 4 N–H and O–H groups in total. The zero-order valence-electron chi connectivity index (χ0n) is 45.5. The number of aromatic nitrogens is 1. The number of methoxy groups -OCH3 is 3. The molecule has 15 heteroatoms. The second kappa shape index (κ2) is 15.7. The summed E-state index contributed by atoms with van der Waals surface area (Å²) < 4.78 is 31.7. The average molecular weight is 1060 g/mol. The quantitative estimate of drug-likeness (QED) is 0.122. The molecule has 78 heavy (non-hydrogen) atoms. The summed E-state index contributed by atoms with van der Waals surface area (Å²) in [4.78, 5) is 43.0. The van der Waals surface area contributed by atoms with Crippen molar-refractivity contribution < 1.29 is 43.5 Å². The number of anilines is 2. The smallest absolute Gasteiger partial charge is 0.335 e. The molecule has 8 saturated heterocycles. The van der Waals surface area contributed by atoms with E-state index in [0.717, 1.165) is 121 Å². The summed E-state index contributed by atoms with van der Waals surface area (Å²) in [7, 11) is 6.87. The maximum atomic E-state index is 15.2. The molecule has 3 aliphatic carbocycles. The number of allylic oxidation sites excluding steroid dienone is 1. The lowest BCUT2D eigenvalue weighted by Gasteiger charge is -2.71. The summed E-state index contributed by atoms with van der Waals surface area (Å²) in [5, 5.41) is 34.5. The SMILES string of the molecule is CC=C1CN(C)C2Cc3c([nH]c4ccccc34)C(c3ccc4c(c3O)N3C5C(CC6CC78CCOC7CCN7CCC4(C78)C63O)C3OCCC34CC(C(=O)OC)=C3Nc6c(OC)cccc6C36CCN5C64)CC1C2C(=O)OC. The molecule has 16 unspecified atom stereocenters. The zero-order chi connectivity index (χ0) is 52.7. The van der Waals surface area contributed by atoms with Crippen molar-refractivity contribution in [2.45, 2.75) is 130 Å². The number of nitrogens with zero attached hydrogens (tertiary/aromatic N) is 4. The van der Waals surface area contributed by atoms with E-state index in [1.807, 2.05) is 6.07 Å². The molecule has 15 nitrogen and oxygen atoms in total. The first kappa shape index (κ1) is 47.4. The highest BCUT2D eigenvalue weighted by Crippen LogP contribution is 2.78. The van der Waals surface area contributed by atoms with E-state index in [2.05, 4.69) is 98.5 Å². The fraction of sp³-hybridized carbons (Fsp3) is 0.587. The van der Waals surface area contributed by atoms with Gasteiger partial charge >= 0.3 is 11.9 Å². The minimum absolute atomic E-state index is 0.0227. The second-order valence-electron chi connectivity index (χ2n) is 26.2.